The lowest BCUT2D eigenvalue weighted by molar-refractivity contribution is -0.151. The molecule has 16 heteroatoms. The van der Waals surface area contributed by atoms with E-state index in [1.54, 1.807) is 18.5 Å². The van der Waals surface area contributed by atoms with Crippen LogP contribution in [0.3, 0.4) is 0 Å². The number of anilines is 1. The van der Waals surface area contributed by atoms with E-state index in [0.29, 0.717) is 11.3 Å². The second-order valence-electron chi connectivity index (χ2n) is 7.86. The van der Waals surface area contributed by atoms with Crippen LogP contribution >= 0.6 is 46.5 Å². The molecule has 2 aromatic rings. The highest BCUT2D eigenvalue weighted by atomic mass is 35.5. The van der Waals surface area contributed by atoms with Crippen molar-refractivity contribution in [1.82, 2.24) is 20.2 Å². The number of amides is 2. The first-order valence-electron chi connectivity index (χ1n) is 10.6. The first-order valence-corrected chi connectivity index (χ1v) is 13.6. The number of nitrogens with zero attached hydrogens (tertiary/aromatic N) is 4. The molecule has 0 saturated carbocycles. The van der Waals surface area contributed by atoms with Gasteiger partial charge in [0.1, 0.15) is 26.2 Å². The minimum Gasteiger partial charge on any atom is -0.480 e. The average Bonchev–Trinajstić information content (AvgIpc) is 3.21. The lowest BCUT2D eigenvalue weighted by Gasteiger charge is -2.53. The Morgan fingerprint density at radius 1 is 1.43 bits per heavy atom. The third kappa shape index (κ3) is 5.34. The molecule has 2 aromatic heterocycles. The molecule has 4 heterocycles. The average molecular weight is 582 g/mol. The second kappa shape index (κ2) is 11.2. The van der Waals surface area contributed by atoms with E-state index >= 15 is 0 Å². The molecular formula is C21H20ClN7O5S3. The van der Waals surface area contributed by atoms with Crippen LogP contribution in [-0.4, -0.2) is 83.7 Å². The Balaban J connectivity index is 1.48. The van der Waals surface area contributed by atoms with Gasteiger partial charge in [-0.25, -0.2) is 4.98 Å². The number of carbonyl (C=O) groups excluding carboxylic acids is 2. The predicted molar refractivity (Wildman–Crippen MR) is 141 cm³/mol. The molecule has 0 aromatic carbocycles. The van der Waals surface area contributed by atoms with Gasteiger partial charge < -0.3 is 32.0 Å². The van der Waals surface area contributed by atoms with Crippen molar-refractivity contribution in [1.29, 1.82) is 0 Å². The van der Waals surface area contributed by atoms with Gasteiger partial charge in [0.05, 0.1) is 6.54 Å². The Labute approximate surface area is 228 Å². The Morgan fingerprint density at radius 3 is 2.86 bits per heavy atom. The SMILES string of the molecule is NCC#CCc1cnccc1SC1(C(=O)O)CS[C@@H]2[C@H](NC(=O)C(=NO)c3nc(N)sc3Cl)C(=O)N2C1. The molecule has 2 aliphatic heterocycles. The first-order chi connectivity index (χ1) is 17.7. The molecule has 0 aliphatic carbocycles. The summed E-state index contributed by atoms with van der Waals surface area (Å²) in [6.07, 6.45) is 3.56. The molecule has 1 unspecified atom stereocenters. The summed E-state index contributed by atoms with van der Waals surface area (Å²) < 4.78 is -1.27. The lowest BCUT2D eigenvalue weighted by atomic mass is 10.0. The minimum atomic E-state index is -1.33. The monoisotopic (exact) mass is 581 g/mol. The first kappa shape index (κ1) is 27.0. The van der Waals surface area contributed by atoms with Gasteiger partial charge in [0.25, 0.3) is 5.91 Å². The highest BCUT2D eigenvalue weighted by Gasteiger charge is 2.58. The van der Waals surface area contributed by atoms with Gasteiger partial charge in [-0.15, -0.1) is 23.5 Å². The number of oxime groups is 1. The Morgan fingerprint density at radius 2 is 2.22 bits per heavy atom. The maximum absolute atomic E-state index is 12.9. The molecule has 4 rings (SSSR count). The molecule has 7 N–H and O–H groups in total. The number of fused-ring (bicyclic) bond motifs is 1. The molecule has 0 spiro atoms. The molecule has 2 aliphatic rings. The zero-order chi connectivity index (χ0) is 26.7. The molecule has 3 atom stereocenters. The summed E-state index contributed by atoms with van der Waals surface area (Å²) in [4.78, 5) is 48.2. The van der Waals surface area contributed by atoms with Crippen molar-refractivity contribution in [3.63, 3.8) is 0 Å². The molecule has 12 nitrogen and oxygen atoms in total. The number of β-lactam (4-membered cyclic amide) rings is 1. The van der Waals surface area contributed by atoms with Gasteiger partial charge >= 0.3 is 5.97 Å². The molecular weight excluding hydrogens is 562 g/mol. The number of aromatic nitrogens is 2. The standard InChI is InChI=1S/C21H20ClN7O5S3/c22-15-12(27-20(24)36-15)13(28-34)16(30)26-14-17(31)29-8-21(19(32)33,9-35-18(14)29)37-11-4-6-25-7-10(11)3-1-2-5-23/h4,6-7,14,18,34H,3,5,8-9,23H2,(H2,24,27)(H,26,30)(H,32,33)/t14-,18-,21?/m1/s1. The number of carboxylic acids is 1. The number of halogens is 1. The number of carbonyl (C=O) groups is 3. The highest BCUT2D eigenvalue weighted by Crippen LogP contribution is 2.47. The zero-order valence-electron chi connectivity index (χ0n) is 18.9. The van der Waals surface area contributed by atoms with Crippen molar-refractivity contribution in [3.8, 4) is 11.8 Å². The van der Waals surface area contributed by atoms with Crippen LogP contribution in [0.15, 0.2) is 28.5 Å². The number of aliphatic carboxylic acids is 1. The molecule has 2 saturated heterocycles. The van der Waals surface area contributed by atoms with Crippen molar-refractivity contribution >= 4 is 75.1 Å². The van der Waals surface area contributed by atoms with E-state index in [4.69, 9.17) is 23.1 Å². The van der Waals surface area contributed by atoms with E-state index in [9.17, 15) is 24.7 Å². The Bertz CT molecular complexity index is 1340. The van der Waals surface area contributed by atoms with E-state index < -0.39 is 39.7 Å². The van der Waals surface area contributed by atoms with Crippen LogP contribution in [0.1, 0.15) is 11.3 Å². The summed E-state index contributed by atoms with van der Waals surface area (Å²) in [5, 5.41) is 24.6. The van der Waals surface area contributed by atoms with Crippen molar-refractivity contribution in [2.24, 2.45) is 10.9 Å². The van der Waals surface area contributed by atoms with Crippen LogP contribution in [0.25, 0.3) is 0 Å². The van der Waals surface area contributed by atoms with Gasteiger partial charge in [-0.1, -0.05) is 39.9 Å². The van der Waals surface area contributed by atoms with E-state index in [0.717, 1.165) is 28.7 Å². The fraction of sp³-hybridized carbons (Fsp3) is 0.333. The van der Waals surface area contributed by atoms with Crippen LogP contribution < -0.4 is 16.8 Å². The zero-order valence-corrected chi connectivity index (χ0v) is 22.1. The Kier molecular flexibility index (Phi) is 8.14. The minimum absolute atomic E-state index is 0.0572. The number of hydrogen-bond acceptors (Lipinski definition) is 12. The number of thioether (sulfide) groups is 2. The fourth-order valence-corrected chi connectivity index (χ4v) is 7.60. The summed E-state index contributed by atoms with van der Waals surface area (Å²) in [7, 11) is 0. The van der Waals surface area contributed by atoms with Gasteiger partial charge in [0, 0.05) is 36.0 Å². The largest absolute Gasteiger partial charge is 0.480 e. The molecule has 0 radical (unpaired) electrons. The van der Waals surface area contributed by atoms with Crippen molar-refractivity contribution in [2.45, 2.75) is 27.5 Å². The summed E-state index contributed by atoms with van der Waals surface area (Å²) >= 11 is 9.30. The number of nitrogens with two attached hydrogens (primary N) is 2. The fourth-order valence-electron chi connectivity index (χ4n) is 3.75. The third-order valence-electron chi connectivity index (χ3n) is 5.54. The number of nitrogen functional groups attached to an aromatic ring is 1. The van der Waals surface area contributed by atoms with E-state index in [2.05, 4.69) is 32.3 Å². The van der Waals surface area contributed by atoms with Crippen molar-refractivity contribution < 1.29 is 24.7 Å². The number of rotatable bonds is 7. The van der Waals surface area contributed by atoms with Crippen LogP contribution in [0.5, 0.6) is 0 Å². The van der Waals surface area contributed by atoms with Crippen molar-refractivity contribution in [3.05, 3.63) is 34.1 Å². The number of carboxylic acid groups (broad SMARTS) is 1. The smallest absolute Gasteiger partial charge is 0.322 e. The van der Waals surface area contributed by atoms with Crippen LogP contribution in [-0.2, 0) is 20.8 Å². The lowest BCUT2D eigenvalue weighted by Crippen LogP contribution is -2.74. The molecule has 194 valence electrons. The molecule has 2 amide bonds. The second-order valence-corrected chi connectivity index (χ2v) is 12.0. The normalized spacial score (nSPS) is 22.9. The van der Waals surface area contributed by atoms with Crippen LogP contribution in [0.4, 0.5) is 5.13 Å². The van der Waals surface area contributed by atoms with E-state index in [1.807, 2.05) is 0 Å². The molecule has 37 heavy (non-hydrogen) atoms. The summed E-state index contributed by atoms with van der Waals surface area (Å²) in [5.74, 6) is 3.49. The van der Waals surface area contributed by atoms with E-state index in [-0.39, 0.29) is 34.0 Å². The van der Waals surface area contributed by atoms with Gasteiger partial charge in [-0.05, 0) is 11.6 Å². The van der Waals surface area contributed by atoms with Crippen molar-refractivity contribution in [2.75, 3.05) is 24.6 Å². The van der Waals surface area contributed by atoms with Gasteiger partial charge in [-0.2, -0.15) is 0 Å². The van der Waals surface area contributed by atoms with Gasteiger partial charge in [0.2, 0.25) is 5.91 Å². The molecule has 2 fully saturated rings. The molecule has 0 bridgehead atoms. The quantitative estimate of drug-likeness (QED) is 0.100. The van der Waals surface area contributed by atoms with Gasteiger partial charge in [0.15, 0.2) is 10.8 Å². The summed E-state index contributed by atoms with van der Waals surface area (Å²) in [6.45, 7) is 0.145. The Hall–Kier alpha value is -3.03. The highest BCUT2D eigenvalue weighted by molar-refractivity contribution is 8.05. The topological polar surface area (TPSA) is 197 Å². The summed E-state index contributed by atoms with van der Waals surface area (Å²) in [5.41, 5.74) is 11.2. The number of pyridine rings is 1. The summed E-state index contributed by atoms with van der Waals surface area (Å²) in [6, 6.07) is 0.780. The van der Waals surface area contributed by atoms with E-state index in [1.165, 1.54) is 16.7 Å². The predicted octanol–water partition coefficient (Wildman–Crippen LogP) is 0.472. The number of hydrogen-bond donors (Lipinski definition) is 5. The maximum Gasteiger partial charge on any atom is 0.322 e. The van der Waals surface area contributed by atoms with Crippen LogP contribution in [0.2, 0.25) is 4.34 Å². The van der Waals surface area contributed by atoms with Gasteiger partial charge in [-0.3, -0.25) is 19.4 Å². The number of nitrogens with one attached hydrogen (secondary N) is 1. The third-order valence-corrected chi connectivity index (χ3v) is 9.79. The maximum atomic E-state index is 12.9. The number of thiazole rings is 1. The van der Waals surface area contributed by atoms with Crippen LogP contribution in [0, 0.1) is 11.8 Å².